The molecule has 6 fully saturated rings. The molecule has 1 saturated carbocycles. The van der Waals surface area contributed by atoms with Crippen molar-refractivity contribution in [2.75, 3.05) is 125 Å². The number of fused-ring (bicyclic) bond motifs is 1. The highest BCUT2D eigenvalue weighted by molar-refractivity contribution is 7.90. The van der Waals surface area contributed by atoms with Crippen molar-refractivity contribution in [3.63, 3.8) is 0 Å². The summed E-state index contributed by atoms with van der Waals surface area (Å²) < 4.78 is 41.2. The quantitative estimate of drug-likeness (QED) is 0.0246. The summed E-state index contributed by atoms with van der Waals surface area (Å²) in [7, 11) is 3.52. The molecule has 5 aliphatic heterocycles. The van der Waals surface area contributed by atoms with Gasteiger partial charge >= 0.3 is 18.3 Å². The zero-order valence-electron chi connectivity index (χ0n) is 76.8. The van der Waals surface area contributed by atoms with Crippen LogP contribution in [0.25, 0.3) is 10.8 Å². The number of carbonyl (C=O) groups is 9. The summed E-state index contributed by atoms with van der Waals surface area (Å²) >= 11 is 24.3. The lowest BCUT2D eigenvalue weighted by atomic mass is 9.85. The number of thiophene rings is 3. The van der Waals surface area contributed by atoms with Crippen LogP contribution in [0.1, 0.15) is 172 Å². The number of hydrogen-bond acceptors (Lipinski definition) is 21. The van der Waals surface area contributed by atoms with E-state index in [9.17, 15) is 51.6 Å². The Balaban J connectivity index is 0.000000189. The summed E-state index contributed by atoms with van der Waals surface area (Å²) in [5, 5.41) is 15.9. The van der Waals surface area contributed by atoms with E-state index in [0.29, 0.717) is 85.1 Å². The first-order valence-electron chi connectivity index (χ1n) is 46.4. The second-order valence-electron chi connectivity index (χ2n) is 36.6. The van der Waals surface area contributed by atoms with E-state index in [1.165, 1.54) is 40.2 Å². The zero-order valence-corrected chi connectivity index (χ0v) is 82.3. The summed E-state index contributed by atoms with van der Waals surface area (Å²) in [4.78, 5) is 138. The predicted octanol–water partition coefficient (Wildman–Crippen LogP) is 16.6. The van der Waals surface area contributed by atoms with E-state index in [1.54, 1.807) is 66.9 Å². The zero-order chi connectivity index (χ0) is 93.2. The van der Waals surface area contributed by atoms with E-state index in [1.807, 2.05) is 123 Å². The van der Waals surface area contributed by atoms with Crippen molar-refractivity contribution in [2.24, 2.45) is 11.7 Å². The molecule has 6 aliphatic rings. The first kappa shape index (κ1) is 103. The molecule has 13 rings (SSSR count). The number of unbranched alkanes of at least 4 members (excludes halogenated alkanes) is 3. The summed E-state index contributed by atoms with van der Waals surface area (Å²) in [5.41, 5.74) is 10.1. The number of piperazine rings is 3. The van der Waals surface area contributed by atoms with Gasteiger partial charge < -0.3 is 69.4 Å². The minimum Gasteiger partial charge on any atom is -0.409 e. The van der Waals surface area contributed by atoms with Gasteiger partial charge in [-0.05, 0) is 236 Å². The van der Waals surface area contributed by atoms with E-state index in [2.05, 4.69) is 36.7 Å². The van der Waals surface area contributed by atoms with Gasteiger partial charge in [0.1, 0.15) is 28.0 Å². The molecule has 4 N–H and O–H groups in total. The van der Waals surface area contributed by atoms with Gasteiger partial charge in [-0.3, -0.25) is 28.8 Å². The average Bonchev–Trinajstić information content (AvgIpc) is 1.11. The van der Waals surface area contributed by atoms with Crippen molar-refractivity contribution in [1.82, 2.24) is 44.9 Å². The largest absolute Gasteiger partial charge is 0.415 e. The molecule has 8 heterocycles. The number of hydrogen-bond donors (Lipinski definition) is 3. The topological polar surface area (TPSA) is 288 Å². The Morgan fingerprint density at radius 3 is 1.49 bits per heavy atom. The van der Waals surface area contributed by atoms with Crippen LogP contribution in [0.3, 0.4) is 0 Å². The maximum absolute atomic E-state index is 14.3. The molecule has 6 amide bonds. The molecule has 130 heavy (non-hydrogen) atoms. The van der Waals surface area contributed by atoms with Crippen LogP contribution in [0.15, 0.2) is 113 Å². The number of quaternary nitrogens is 1. The molecular weight excluding hydrogens is 1790 g/mol. The van der Waals surface area contributed by atoms with Gasteiger partial charge in [0.05, 0.1) is 80.5 Å². The number of sulfone groups is 1. The molecule has 7 aromatic rings. The number of piperidine rings is 2. The lowest BCUT2D eigenvalue weighted by molar-refractivity contribution is -0.870. The van der Waals surface area contributed by atoms with E-state index in [0.717, 1.165) is 149 Å². The minimum atomic E-state index is -3.04. The van der Waals surface area contributed by atoms with Crippen LogP contribution in [0.2, 0.25) is 15.1 Å². The van der Waals surface area contributed by atoms with Crippen molar-refractivity contribution in [3.8, 4) is 17.2 Å². The number of nitrogens with zero attached hydrogens (tertiary/aromatic N) is 8. The van der Waals surface area contributed by atoms with Crippen molar-refractivity contribution in [2.45, 2.75) is 224 Å². The van der Waals surface area contributed by atoms with E-state index in [4.69, 9.17) is 54.7 Å². The maximum Gasteiger partial charge on any atom is 0.415 e. The summed E-state index contributed by atoms with van der Waals surface area (Å²) in [6.45, 7) is 14.5. The van der Waals surface area contributed by atoms with Gasteiger partial charge in [0.2, 0.25) is 17.7 Å². The third kappa shape index (κ3) is 30.0. The predicted molar refractivity (Wildman–Crippen MR) is 519 cm³/mol. The van der Waals surface area contributed by atoms with Gasteiger partial charge in [-0.25, -0.2) is 22.8 Å². The summed E-state index contributed by atoms with van der Waals surface area (Å²) in [6, 6.07) is 26.5. The van der Waals surface area contributed by atoms with Gasteiger partial charge in [0.15, 0.2) is 34.6 Å². The molecule has 1 aliphatic carbocycles. The third-order valence-electron chi connectivity index (χ3n) is 26.0. The molecule has 32 heteroatoms. The van der Waals surface area contributed by atoms with E-state index >= 15 is 0 Å². The Labute approximate surface area is 795 Å². The van der Waals surface area contributed by atoms with Crippen molar-refractivity contribution < 1.29 is 70.3 Å². The fraction of sp³-hybridized carbons (Fsp3) is 0.561. The van der Waals surface area contributed by atoms with Crippen LogP contribution in [0, 0.1) is 33.6 Å². The minimum absolute atomic E-state index is 0.0235. The van der Waals surface area contributed by atoms with Crippen molar-refractivity contribution >= 4 is 143 Å². The second kappa shape index (κ2) is 49.9. The Bertz CT molecular complexity index is 5050. The number of nitrogens with two attached hydrogens (primary N) is 1. The normalized spacial score (nSPS) is 19.3. The van der Waals surface area contributed by atoms with Crippen LogP contribution in [0.5, 0.6) is 17.2 Å². The van der Waals surface area contributed by atoms with Gasteiger partial charge in [-0.15, -0.1) is 34.0 Å². The number of carbonyl (C=O) groups excluding carboxylic acids is 9. The number of ketones is 3. The monoisotopic (exact) mass is 1920 g/mol. The molecule has 0 radical (unpaired) electrons. The highest BCUT2D eigenvalue weighted by Crippen LogP contribution is 2.37. The number of Topliss-reactive ketones (excluding diaryl/α,β-unsaturated/α-hetero) is 3. The number of likely N-dealkylation sites (tertiary alicyclic amines) is 1. The number of amides is 6. The van der Waals surface area contributed by atoms with Crippen LogP contribution in [-0.4, -0.2) is 268 Å². The second-order valence-corrected chi connectivity index (χ2v) is 43.1. The number of nitrogens with one attached hydrogen (secondary N) is 2. The fourth-order valence-corrected chi connectivity index (χ4v) is 21.7. The molecular formula is C98H133Cl3N11O14S4+. The van der Waals surface area contributed by atoms with Crippen molar-refractivity contribution in [1.29, 1.82) is 0 Å². The third-order valence-corrected chi connectivity index (χ3v) is 31.2. The number of rotatable bonds is 35. The van der Waals surface area contributed by atoms with Gasteiger partial charge in [-0.1, -0.05) is 134 Å². The van der Waals surface area contributed by atoms with E-state index in [-0.39, 0.29) is 136 Å². The Morgan fingerprint density at radius 1 is 0.515 bits per heavy atom. The van der Waals surface area contributed by atoms with Crippen LogP contribution >= 0.6 is 68.8 Å². The number of halogens is 3. The molecule has 3 aromatic heterocycles. The van der Waals surface area contributed by atoms with Gasteiger partial charge in [-0.2, -0.15) is 0 Å². The first-order valence-corrected chi connectivity index (χ1v) is 52.2. The van der Waals surface area contributed by atoms with Crippen LogP contribution in [0.4, 0.5) is 14.4 Å². The lowest BCUT2D eigenvalue weighted by Gasteiger charge is -2.43. The van der Waals surface area contributed by atoms with Crippen LogP contribution in [-0.2, 0) is 57.9 Å². The molecule has 0 unspecified atom stereocenters. The highest BCUT2D eigenvalue weighted by Gasteiger charge is 2.45. The van der Waals surface area contributed by atoms with E-state index < -0.39 is 58.3 Å². The fourth-order valence-electron chi connectivity index (χ4n) is 18.0. The highest BCUT2D eigenvalue weighted by atomic mass is 35.5. The first-order chi connectivity index (χ1) is 62.3. The molecule has 25 nitrogen and oxygen atoms in total. The lowest BCUT2D eigenvalue weighted by Crippen LogP contribution is -2.64. The number of benzene rings is 4. The molecule has 708 valence electrons. The molecule has 5 saturated heterocycles. The Morgan fingerprint density at radius 2 is 0.992 bits per heavy atom. The molecule has 0 bridgehead atoms. The Kier molecular flexibility index (Phi) is 39.4. The molecule has 0 spiro atoms. The standard InChI is InChI=1S/C35H44ClN3O6S2.C32H46ClN4O4S.C31H43ClN4O4S/c1-47(43,44)23-8-2-3-15-29(37-26-11-5-6-12-26)34(41)39-21-20-38(24-30(39)31(40)18-17-27-13-9-22-46-27)35(42)45-32-19-16-25-10-4-7-14-28(25)33(32)36;1-22-12-15-28(29(33)23(22)2)41-32(40)35-17-18-36(26(21-35)27(38)14-13-25-11-8-20-42-25)31(39)30-24(9-6-16-34-30)10-7-19-37(3,4)5;1-22-11-14-28(29(32)23(22)2)40-31(39)35-18-19-36(26(21-35)27(37)13-12-24-9-8-20-41-24)30(38)25(33)10-4-7-17-34-15-5-3-6-16-34/h4,7,9-10,13-14,16,19,22,26,29-30,37H,2-3,5-6,8,11-12,15,17-18,20-21,23-24H2,1H3;8,11-12,15,20,24,26,30,34H,6-7,9-10,13-14,16-19,21H2,1-5H3;8-9,11,14,20,25-26H,3-7,10,12-13,15-19,21,33H2,1-2H3/q;+1;/t29-,30+;24-,26+,30-;25-,26+/m111/s1. The van der Waals surface area contributed by atoms with Gasteiger partial charge in [0.25, 0.3) is 0 Å². The Hall–Kier alpha value is -7.91. The van der Waals surface area contributed by atoms with Crippen LogP contribution < -0.4 is 30.6 Å². The summed E-state index contributed by atoms with van der Waals surface area (Å²) in [6.07, 6.45) is 19.2. The average molecular weight is 1920 g/mol. The molecule has 4 aromatic carbocycles. The number of aryl methyl sites for hydroxylation is 5. The maximum atomic E-state index is 14.3. The summed E-state index contributed by atoms with van der Waals surface area (Å²) in [5.74, 6) is 0.596. The molecule has 7 atom stereocenters. The SMILES string of the molecule is CS(=O)(=O)CCCCC[C@@H](NC1CCCC1)C(=O)N1CCN(C(=O)Oc2ccc3ccccc3c2Cl)C[C@H]1C(=O)CCc1cccs1.Cc1ccc(OC(=O)N2CCN(C(=O)[C@@H]3NCCC[C@@H]3CCC[N+](C)(C)C)[C@H](C(=O)CCc3cccs3)C2)c(Cl)c1C.Cc1ccc(OC(=O)N2CCN(C(=O)[C@H](N)CCCCN3CCCCC3)[C@H](C(=O)CCc3cccs3)C2)c(Cl)c1C. The number of ether oxygens (including phenoxy) is 3. The van der Waals surface area contributed by atoms with Gasteiger partial charge in [0, 0.05) is 96.6 Å². The smallest absolute Gasteiger partial charge is 0.409 e. The van der Waals surface area contributed by atoms with Crippen molar-refractivity contribution in [3.05, 3.63) is 165 Å².